The smallest absolute Gasteiger partial charge is 0.267 e. The molecule has 178 valence electrons. The minimum absolute atomic E-state index is 0.295. The summed E-state index contributed by atoms with van der Waals surface area (Å²) < 4.78 is 52.0. The number of nitrogens with zero attached hydrogens (tertiary/aromatic N) is 2. The number of halogens is 1. The van der Waals surface area contributed by atoms with Crippen molar-refractivity contribution < 1.29 is 26.9 Å². The van der Waals surface area contributed by atoms with Gasteiger partial charge in [0.1, 0.15) is 23.0 Å². The highest BCUT2D eigenvalue weighted by Gasteiger charge is 2.38. The number of hydrogen-bond acceptors (Lipinski definition) is 6. The summed E-state index contributed by atoms with van der Waals surface area (Å²) >= 11 is 0. The summed E-state index contributed by atoms with van der Waals surface area (Å²) in [7, 11) is -4.02. The predicted molar refractivity (Wildman–Crippen MR) is 126 cm³/mol. The lowest BCUT2D eigenvalue weighted by molar-refractivity contribution is -0.111. The number of ether oxygens (including phenoxy) is 1. The van der Waals surface area contributed by atoms with E-state index in [9.17, 15) is 22.2 Å². The van der Waals surface area contributed by atoms with E-state index in [0.717, 1.165) is 11.1 Å². The van der Waals surface area contributed by atoms with E-state index in [1.54, 1.807) is 12.3 Å². The molecule has 3 aliphatic rings. The maximum atomic E-state index is 13.8. The zero-order valence-corrected chi connectivity index (χ0v) is 19.5. The van der Waals surface area contributed by atoms with Gasteiger partial charge >= 0.3 is 0 Å². The Bertz CT molecular complexity index is 1340. The Hall–Kier alpha value is -3.24. The Morgan fingerprint density at radius 1 is 1.21 bits per heavy atom. The van der Waals surface area contributed by atoms with E-state index in [1.807, 2.05) is 30.9 Å². The van der Waals surface area contributed by atoms with Crippen molar-refractivity contribution in [1.82, 2.24) is 4.98 Å². The third kappa shape index (κ3) is 3.97. The molecule has 0 saturated carbocycles. The summed E-state index contributed by atoms with van der Waals surface area (Å²) in [5.74, 6) is 0.312. The summed E-state index contributed by atoms with van der Waals surface area (Å²) in [5.41, 5.74) is 2.21. The number of anilines is 2. The van der Waals surface area contributed by atoms with Gasteiger partial charge in [-0.15, -0.1) is 0 Å². The number of rotatable bonds is 3. The molecule has 0 spiro atoms. The van der Waals surface area contributed by atoms with Gasteiger partial charge in [0.2, 0.25) is 0 Å². The molecule has 0 aliphatic carbocycles. The van der Waals surface area contributed by atoms with Crippen molar-refractivity contribution in [2.75, 3.05) is 23.3 Å². The first-order valence-corrected chi connectivity index (χ1v) is 12.5. The number of carbonyl (C=O) groups excluding carboxylic acids is 1. The van der Waals surface area contributed by atoms with E-state index in [-0.39, 0.29) is 5.91 Å². The standard InChI is InChI=1S/C24H24FN3O5S/c1-24(2)18(12-20(33-24)22-17-11-15(25)4-5-19(17)27-23(22)29)14-3-6-21(26-13-14)28-9-7-16(8-10-28)34(30,31)32/h3-6,11-13,16H,7-10H2,1-2H3,(H,27,29)(H,30,31,32)/b22-20+. The predicted octanol–water partition coefficient (Wildman–Crippen LogP) is 3.63. The van der Waals surface area contributed by atoms with Crippen LogP contribution in [0.4, 0.5) is 15.9 Å². The van der Waals surface area contributed by atoms with Crippen molar-refractivity contribution in [3.63, 3.8) is 0 Å². The molecule has 34 heavy (non-hydrogen) atoms. The fraction of sp³-hybridized carbons (Fsp3) is 0.333. The molecule has 0 unspecified atom stereocenters. The second-order valence-corrected chi connectivity index (χ2v) is 10.9. The van der Waals surface area contributed by atoms with Gasteiger partial charge in [0.05, 0.1) is 10.8 Å². The van der Waals surface area contributed by atoms with Crippen LogP contribution in [-0.2, 0) is 19.6 Å². The number of pyridine rings is 1. The Morgan fingerprint density at radius 2 is 1.94 bits per heavy atom. The fourth-order valence-corrected chi connectivity index (χ4v) is 5.52. The fourth-order valence-electron chi connectivity index (χ4n) is 4.72. The van der Waals surface area contributed by atoms with Gasteiger partial charge in [-0.05, 0) is 63.1 Å². The number of amides is 1. The molecular formula is C24H24FN3O5S. The molecular weight excluding hydrogens is 461 g/mol. The normalized spacial score (nSPS) is 22.3. The topological polar surface area (TPSA) is 109 Å². The summed E-state index contributed by atoms with van der Waals surface area (Å²) in [6.45, 7) is 4.74. The maximum absolute atomic E-state index is 13.8. The van der Waals surface area contributed by atoms with Crippen molar-refractivity contribution >= 4 is 38.7 Å². The Kier molecular flexibility index (Phi) is 5.25. The lowest BCUT2D eigenvalue weighted by Gasteiger charge is -2.31. The second kappa shape index (κ2) is 7.92. The number of carbonyl (C=O) groups is 1. The number of hydrogen-bond donors (Lipinski definition) is 2. The lowest BCUT2D eigenvalue weighted by Crippen LogP contribution is -2.39. The van der Waals surface area contributed by atoms with Crippen LogP contribution in [0, 0.1) is 5.82 Å². The average molecular weight is 486 g/mol. The van der Waals surface area contributed by atoms with Gasteiger partial charge in [0.25, 0.3) is 16.0 Å². The molecule has 1 fully saturated rings. The van der Waals surface area contributed by atoms with Crippen LogP contribution in [0.2, 0.25) is 0 Å². The van der Waals surface area contributed by atoms with E-state index in [1.165, 1.54) is 18.2 Å². The molecule has 10 heteroatoms. The largest absolute Gasteiger partial charge is 0.482 e. The Morgan fingerprint density at radius 3 is 2.59 bits per heavy atom. The van der Waals surface area contributed by atoms with Gasteiger partial charge in [-0.25, -0.2) is 9.37 Å². The Labute approximate surface area is 196 Å². The number of piperidine rings is 1. The number of allylic oxidation sites excluding steroid dienone is 1. The highest BCUT2D eigenvalue weighted by Crippen LogP contribution is 2.44. The van der Waals surface area contributed by atoms with Gasteiger partial charge < -0.3 is 15.0 Å². The minimum Gasteiger partial charge on any atom is -0.482 e. The zero-order valence-electron chi connectivity index (χ0n) is 18.7. The molecule has 1 aromatic heterocycles. The second-order valence-electron chi connectivity index (χ2n) is 9.16. The van der Waals surface area contributed by atoms with Gasteiger partial charge in [-0.1, -0.05) is 0 Å². The van der Waals surface area contributed by atoms with Crippen LogP contribution in [0.3, 0.4) is 0 Å². The first kappa shape index (κ1) is 22.5. The van der Waals surface area contributed by atoms with E-state index in [4.69, 9.17) is 4.74 Å². The van der Waals surface area contributed by atoms with Gasteiger partial charge in [-0.2, -0.15) is 8.42 Å². The summed E-state index contributed by atoms with van der Waals surface area (Å²) in [4.78, 5) is 19.2. The van der Waals surface area contributed by atoms with Crippen LogP contribution in [-0.4, -0.2) is 47.8 Å². The third-order valence-electron chi connectivity index (χ3n) is 6.51. The first-order valence-electron chi connectivity index (χ1n) is 11.0. The SMILES string of the molecule is CC1(C)O/C(=C2/C(=O)Nc3ccc(F)cc32)C=C1c1ccc(N2CCC(S(=O)(=O)O)CC2)nc1. The summed E-state index contributed by atoms with van der Waals surface area (Å²) in [5, 5.41) is 2.01. The molecule has 5 rings (SSSR count). The first-order chi connectivity index (χ1) is 16.0. The number of aromatic nitrogens is 1. The molecule has 1 amide bonds. The molecule has 8 nitrogen and oxygen atoms in total. The molecule has 0 bridgehead atoms. The monoisotopic (exact) mass is 485 g/mol. The number of nitrogens with one attached hydrogen (secondary N) is 1. The quantitative estimate of drug-likeness (QED) is 0.505. The van der Waals surface area contributed by atoms with Crippen LogP contribution in [0.1, 0.15) is 37.8 Å². The van der Waals surface area contributed by atoms with Crippen LogP contribution in [0.15, 0.2) is 48.4 Å². The van der Waals surface area contributed by atoms with Crippen molar-refractivity contribution in [1.29, 1.82) is 0 Å². The molecule has 2 N–H and O–H groups in total. The highest BCUT2D eigenvalue weighted by atomic mass is 32.2. The lowest BCUT2D eigenvalue weighted by atomic mass is 9.93. The Balaban J connectivity index is 1.42. The van der Waals surface area contributed by atoms with E-state index in [0.29, 0.717) is 54.3 Å². The molecule has 4 heterocycles. The molecule has 1 aromatic carbocycles. The molecule has 3 aliphatic heterocycles. The van der Waals surface area contributed by atoms with Crippen LogP contribution < -0.4 is 10.2 Å². The van der Waals surface area contributed by atoms with E-state index >= 15 is 0 Å². The van der Waals surface area contributed by atoms with Crippen LogP contribution >= 0.6 is 0 Å². The minimum atomic E-state index is -4.02. The van der Waals surface area contributed by atoms with Crippen molar-refractivity contribution in [3.8, 4) is 0 Å². The third-order valence-corrected chi connectivity index (χ3v) is 7.82. The number of benzene rings is 1. The van der Waals surface area contributed by atoms with E-state index in [2.05, 4.69) is 10.3 Å². The number of fused-ring (bicyclic) bond motifs is 1. The molecule has 0 atom stereocenters. The van der Waals surface area contributed by atoms with Crippen molar-refractivity contribution in [2.24, 2.45) is 0 Å². The highest BCUT2D eigenvalue weighted by molar-refractivity contribution is 7.86. The van der Waals surface area contributed by atoms with Crippen LogP contribution in [0.25, 0.3) is 11.1 Å². The van der Waals surface area contributed by atoms with Gasteiger partial charge in [0, 0.05) is 41.7 Å². The zero-order chi connectivity index (χ0) is 24.3. The summed E-state index contributed by atoms with van der Waals surface area (Å²) in [6, 6.07) is 7.91. The van der Waals surface area contributed by atoms with Crippen LogP contribution in [0.5, 0.6) is 0 Å². The summed E-state index contributed by atoms with van der Waals surface area (Å²) in [6.07, 6.45) is 4.20. The molecule has 2 aromatic rings. The maximum Gasteiger partial charge on any atom is 0.267 e. The average Bonchev–Trinajstić information content (AvgIpc) is 3.27. The van der Waals surface area contributed by atoms with Crippen molar-refractivity contribution in [2.45, 2.75) is 37.5 Å². The van der Waals surface area contributed by atoms with Gasteiger partial charge in [0.15, 0.2) is 0 Å². The molecule has 0 radical (unpaired) electrons. The molecule has 1 saturated heterocycles. The van der Waals surface area contributed by atoms with E-state index < -0.39 is 26.8 Å². The van der Waals surface area contributed by atoms with Crippen molar-refractivity contribution in [3.05, 3.63) is 65.3 Å². The van der Waals surface area contributed by atoms with Gasteiger partial charge in [-0.3, -0.25) is 9.35 Å².